The first-order valence-corrected chi connectivity index (χ1v) is 8.64. The summed E-state index contributed by atoms with van der Waals surface area (Å²) in [5.74, 6) is 3.36. The second-order valence-electron chi connectivity index (χ2n) is 5.76. The van der Waals surface area contributed by atoms with Gasteiger partial charge in [0.1, 0.15) is 17.3 Å². The largest absolute Gasteiger partial charge is 0.466 e. The van der Waals surface area contributed by atoms with Crippen molar-refractivity contribution in [3.05, 3.63) is 52.1 Å². The number of aromatic nitrogens is 4. The third kappa shape index (κ3) is 2.56. The minimum atomic E-state index is 0.0912. The van der Waals surface area contributed by atoms with Crippen LogP contribution in [-0.4, -0.2) is 19.8 Å². The Morgan fingerprint density at radius 3 is 2.79 bits per heavy atom. The van der Waals surface area contributed by atoms with Gasteiger partial charge in [0, 0.05) is 16.5 Å². The highest BCUT2D eigenvalue weighted by molar-refractivity contribution is 7.08. The fraction of sp³-hybridized carbons (Fsp3) is 0.235. The minimum Gasteiger partial charge on any atom is -0.466 e. The second-order valence-corrected chi connectivity index (χ2v) is 6.54. The van der Waals surface area contributed by atoms with Gasteiger partial charge in [-0.15, -0.1) is 15.3 Å². The highest BCUT2D eigenvalue weighted by atomic mass is 32.1. The topological polar surface area (TPSA) is 68.2 Å². The van der Waals surface area contributed by atoms with Crippen LogP contribution in [0.15, 0.2) is 39.4 Å². The SMILES string of the molecule is Cc1cc(C(C)Nc2ccc3nnc(-c4ccsc4)n3n2)c(C)o1. The molecule has 0 bridgehead atoms. The lowest BCUT2D eigenvalue weighted by atomic mass is 10.1. The number of anilines is 1. The van der Waals surface area contributed by atoms with E-state index in [0.717, 1.165) is 39.9 Å². The number of fused-ring (bicyclic) bond motifs is 1. The van der Waals surface area contributed by atoms with Gasteiger partial charge in [0.15, 0.2) is 11.5 Å². The Morgan fingerprint density at radius 2 is 2.08 bits per heavy atom. The molecule has 0 amide bonds. The minimum absolute atomic E-state index is 0.0912. The van der Waals surface area contributed by atoms with Crippen LogP contribution in [0, 0.1) is 13.8 Å². The Kier molecular flexibility index (Phi) is 3.57. The van der Waals surface area contributed by atoms with E-state index in [1.54, 1.807) is 15.9 Å². The van der Waals surface area contributed by atoms with Crippen molar-refractivity contribution >= 4 is 22.8 Å². The molecule has 0 aliphatic heterocycles. The Balaban J connectivity index is 1.67. The van der Waals surface area contributed by atoms with Crippen molar-refractivity contribution in [2.24, 2.45) is 0 Å². The first-order chi connectivity index (χ1) is 11.6. The molecule has 0 aromatic carbocycles. The van der Waals surface area contributed by atoms with E-state index < -0.39 is 0 Å². The van der Waals surface area contributed by atoms with Crippen LogP contribution in [0.5, 0.6) is 0 Å². The van der Waals surface area contributed by atoms with Gasteiger partial charge < -0.3 is 9.73 Å². The van der Waals surface area contributed by atoms with Crippen LogP contribution < -0.4 is 5.32 Å². The predicted octanol–water partition coefficient (Wildman–Crippen LogP) is 4.24. The quantitative estimate of drug-likeness (QED) is 0.602. The molecule has 0 radical (unpaired) electrons. The highest BCUT2D eigenvalue weighted by Gasteiger charge is 2.15. The molecule has 1 unspecified atom stereocenters. The van der Waals surface area contributed by atoms with Crippen LogP contribution in [0.2, 0.25) is 0 Å². The Bertz CT molecular complexity index is 986. The summed E-state index contributed by atoms with van der Waals surface area (Å²) >= 11 is 1.63. The van der Waals surface area contributed by atoms with Crippen molar-refractivity contribution in [1.29, 1.82) is 0 Å². The summed E-state index contributed by atoms with van der Waals surface area (Å²) in [4.78, 5) is 0. The first-order valence-electron chi connectivity index (χ1n) is 7.70. The molecule has 1 N–H and O–H groups in total. The number of furan rings is 1. The Labute approximate surface area is 143 Å². The summed E-state index contributed by atoms with van der Waals surface area (Å²) < 4.78 is 7.38. The Hall–Kier alpha value is -2.67. The average molecular weight is 339 g/mol. The maximum absolute atomic E-state index is 5.61. The van der Waals surface area contributed by atoms with Crippen LogP contribution in [0.3, 0.4) is 0 Å². The van der Waals surface area contributed by atoms with Crippen LogP contribution in [-0.2, 0) is 0 Å². The highest BCUT2D eigenvalue weighted by Crippen LogP contribution is 2.25. The summed E-state index contributed by atoms with van der Waals surface area (Å²) in [5, 5.41) is 20.6. The molecule has 24 heavy (non-hydrogen) atoms. The van der Waals surface area contributed by atoms with Gasteiger partial charge in [-0.1, -0.05) is 0 Å². The van der Waals surface area contributed by atoms with Crippen molar-refractivity contribution in [2.75, 3.05) is 5.32 Å². The van der Waals surface area contributed by atoms with Crippen LogP contribution in [0.1, 0.15) is 30.0 Å². The molecule has 0 spiro atoms. The summed E-state index contributed by atoms with van der Waals surface area (Å²) in [6.07, 6.45) is 0. The summed E-state index contributed by atoms with van der Waals surface area (Å²) in [6.45, 7) is 6.03. The fourth-order valence-corrected chi connectivity index (χ4v) is 3.45. The Morgan fingerprint density at radius 1 is 1.21 bits per heavy atom. The molecule has 7 heteroatoms. The molecule has 0 saturated heterocycles. The standard InChI is InChI=1S/C17H17N5OS/c1-10-8-14(12(3)23-10)11(2)18-15-4-5-16-19-20-17(22(16)21-15)13-6-7-24-9-13/h4-9,11H,1-3H3,(H,18,21). The summed E-state index contributed by atoms with van der Waals surface area (Å²) in [7, 11) is 0. The summed E-state index contributed by atoms with van der Waals surface area (Å²) in [5.41, 5.74) is 2.88. The number of aryl methyl sites for hydroxylation is 2. The lowest BCUT2D eigenvalue weighted by molar-refractivity contribution is 0.499. The van der Waals surface area contributed by atoms with E-state index in [0.29, 0.717) is 0 Å². The van der Waals surface area contributed by atoms with Gasteiger partial charge in [0.05, 0.1) is 6.04 Å². The molecule has 0 aliphatic rings. The zero-order valence-electron chi connectivity index (χ0n) is 13.6. The molecule has 0 saturated carbocycles. The van der Waals surface area contributed by atoms with Crippen molar-refractivity contribution in [3.63, 3.8) is 0 Å². The third-order valence-corrected chi connectivity index (χ3v) is 4.64. The molecule has 6 nitrogen and oxygen atoms in total. The second kappa shape index (κ2) is 5.76. The van der Waals surface area contributed by atoms with E-state index in [-0.39, 0.29) is 6.04 Å². The smallest absolute Gasteiger partial charge is 0.186 e. The maximum Gasteiger partial charge on any atom is 0.186 e. The first kappa shape index (κ1) is 14.9. The molecule has 4 rings (SSSR count). The van der Waals surface area contributed by atoms with Crippen molar-refractivity contribution in [1.82, 2.24) is 19.8 Å². The maximum atomic E-state index is 5.61. The molecule has 1 atom stereocenters. The van der Waals surface area contributed by atoms with Gasteiger partial charge in [0.25, 0.3) is 0 Å². The normalized spacial score (nSPS) is 12.6. The van der Waals surface area contributed by atoms with Gasteiger partial charge in [-0.05, 0) is 50.4 Å². The van der Waals surface area contributed by atoms with Gasteiger partial charge in [-0.3, -0.25) is 0 Å². The zero-order chi connectivity index (χ0) is 16.7. The number of hydrogen-bond acceptors (Lipinski definition) is 6. The monoisotopic (exact) mass is 339 g/mol. The van der Waals surface area contributed by atoms with E-state index in [1.807, 2.05) is 42.8 Å². The van der Waals surface area contributed by atoms with E-state index in [9.17, 15) is 0 Å². The molecule has 0 aliphatic carbocycles. The van der Waals surface area contributed by atoms with Gasteiger partial charge in [-0.25, -0.2) is 0 Å². The van der Waals surface area contributed by atoms with Gasteiger partial charge in [0.2, 0.25) is 0 Å². The molecular formula is C17H17N5OS. The van der Waals surface area contributed by atoms with Crippen molar-refractivity contribution in [3.8, 4) is 11.4 Å². The molecule has 0 fully saturated rings. The van der Waals surface area contributed by atoms with E-state index in [1.165, 1.54) is 0 Å². The van der Waals surface area contributed by atoms with Gasteiger partial charge in [-0.2, -0.15) is 15.9 Å². The number of thiophene rings is 1. The molecule has 4 aromatic rings. The number of rotatable bonds is 4. The van der Waals surface area contributed by atoms with Crippen molar-refractivity contribution < 1.29 is 4.42 Å². The lowest BCUT2D eigenvalue weighted by Gasteiger charge is -2.13. The van der Waals surface area contributed by atoms with Crippen LogP contribution >= 0.6 is 11.3 Å². The molecular weight excluding hydrogens is 322 g/mol. The molecule has 4 aromatic heterocycles. The van der Waals surface area contributed by atoms with Gasteiger partial charge >= 0.3 is 0 Å². The lowest BCUT2D eigenvalue weighted by Crippen LogP contribution is -2.10. The van der Waals surface area contributed by atoms with E-state index >= 15 is 0 Å². The molecule has 4 heterocycles. The number of hydrogen-bond donors (Lipinski definition) is 1. The van der Waals surface area contributed by atoms with Crippen molar-refractivity contribution in [2.45, 2.75) is 26.8 Å². The number of nitrogens with one attached hydrogen (secondary N) is 1. The average Bonchev–Trinajstić information content (AvgIpc) is 3.26. The fourth-order valence-electron chi connectivity index (χ4n) is 2.82. The van der Waals surface area contributed by atoms with E-state index in [4.69, 9.17) is 4.42 Å². The predicted molar refractivity (Wildman–Crippen MR) is 94.3 cm³/mol. The van der Waals surface area contributed by atoms with Crippen LogP contribution in [0.25, 0.3) is 17.0 Å². The number of nitrogens with zero attached hydrogens (tertiary/aromatic N) is 4. The third-order valence-electron chi connectivity index (χ3n) is 3.95. The summed E-state index contributed by atoms with van der Waals surface area (Å²) in [6, 6.07) is 8.00. The van der Waals surface area contributed by atoms with E-state index in [2.05, 4.69) is 33.6 Å². The van der Waals surface area contributed by atoms with Crippen LogP contribution in [0.4, 0.5) is 5.82 Å². The zero-order valence-corrected chi connectivity index (χ0v) is 14.5. The molecule has 122 valence electrons.